The smallest absolute Gasteiger partial charge is 0.192 e. The number of hydrogen-bond donors (Lipinski definition) is 3. The van der Waals surface area contributed by atoms with Gasteiger partial charge in [0.15, 0.2) is 11.1 Å². The molecule has 24 heavy (non-hydrogen) atoms. The van der Waals surface area contributed by atoms with Gasteiger partial charge in [-0.15, -0.1) is 11.3 Å². The van der Waals surface area contributed by atoms with Crippen molar-refractivity contribution in [3.05, 3.63) is 29.1 Å². The van der Waals surface area contributed by atoms with Crippen LogP contribution in [0.1, 0.15) is 17.7 Å². The van der Waals surface area contributed by atoms with Crippen molar-refractivity contribution in [3.8, 4) is 17.0 Å². The van der Waals surface area contributed by atoms with Crippen LogP contribution in [0.4, 0.5) is 5.13 Å². The molecular formula is C17H23N5OS. The van der Waals surface area contributed by atoms with Crippen molar-refractivity contribution < 1.29 is 4.74 Å². The van der Waals surface area contributed by atoms with Crippen LogP contribution in [-0.2, 0) is 0 Å². The van der Waals surface area contributed by atoms with Crippen molar-refractivity contribution in [2.24, 2.45) is 5.73 Å². The molecule has 6 nitrogen and oxygen atoms in total. The van der Waals surface area contributed by atoms with Crippen molar-refractivity contribution in [2.45, 2.75) is 19.8 Å². The maximum Gasteiger partial charge on any atom is 0.192 e. The van der Waals surface area contributed by atoms with E-state index in [0.29, 0.717) is 5.13 Å². The highest BCUT2D eigenvalue weighted by Gasteiger charge is 2.12. The van der Waals surface area contributed by atoms with E-state index in [-0.39, 0.29) is 5.96 Å². The summed E-state index contributed by atoms with van der Waals surface area (Å²) >= 11 is 1.49. The fourth-order valence-corrected chi connectivity index (χ4v) is 3.69. The Morgan fingerprint density at radius 1 is 1.33 bits per heavy atom. The molecule has 0 saturated carbocycles. The second-order valence-corrected chi connectivity index (χ2v) is 7.09. The summed E-state index contributed by atoms with van der Waals surface area (Å²) in [7, 11) is 0. The monoisotopic (exact) mass is 345 g/mol. The van der Waals surface area contributed by atoms with E-state index in [4.69, 9.17) is 15.9 Å². The fourth-order valence-electron chi connectivity index (χ4n) is 2.84. The summed E-state index contributed by atoms with van der Waals surface area (Å²) in [5.74, 6) is 0.782. The van der Waals surface area contributed by atoms with E-state index in [1.807, 2.05) is 31.2 Å². The highest BCUT2D eigenvalue weighted by molar-refractivity contribution is 7.16. The molecule has 1 aliphatic heterocycles. The molecule has 1 fully saturated rings. The first-order valence-electron chi connectivity index (χ1n) is 8.16. The van der Waals surface area contributed by atoms with Crippen LogP contribution in [0.15, 0.2) is 24.3 Å². The molecule has 0 spiro atoms. The molecule has 1 aromatic heterocycles. The average Bonchev–Trinajstić information content (AvgIpc) is 3.17. The van der Waals surface area contributed by atoms with Crippen LogP contribution in [0.3, 0.4) is 0 Å². The number of hydrogen-bond acceptors (Lipinski definition) is 5. The maximum absolute atomic E-state index is 7.28. The van der Waals surface area contributed by atoms with Crippen LogP contribution in [0.5, 0.6) is 5.75 Å². The standard InChI is InChI=1S/C17H23N5OS/c1-12-15(20-17(24-12)21-16(18)19)13-4-6-14(7-5-13)23-11-10-22-8-2-3-9-22/h4-7H,2-3,8-11H2,1H3,(H4,18,19,20,21). The minimum Gasteiger partial charge on any atom is -0.492 e. The third-order valence-electron chi connectivity index (χ3n) is 4.04. The highest BCUT2D eigenvalue weighted by atomic mass is 32.1. The second-order valence-electron chi connectivity index (χ2n) is 5.88. The second kappa shape index (κ2) is 7.63. The normalized spacial score (nSPS) is 14.7. The number of nitrogens with zero attached hydrogens (tertiary/aromatic N) is 2. The molecule has 3 rings (SSSR count). The van der Waals surface area contributed by atoms with Crippen molar-refractivity contribution in [3.63, 3.8) is 0 Å². The predicted molar refractivity (Wildman–Crippen MR) is 99.0 cm³/mol. The number of nitrogens with one attached hydrogen (secondary N) is 2. The zero-order valence-corrected chi connectivity index (χ0v) is 14.7. The molecule has 7 heteroatoms. The third kappa shape index (κ3) is 4.24. The Morgan fingerprint density at radius 2 is 2.04 bits per heavy atom. The number of thiazole rings is 1. The Morgan fingerprint density at radius 3 is 2.71 bits per heavy atom. The SMILES string of the molecule is Cc1sc(NC(=N)N)nc1-c1ccc(OCCN2CCCC2)cc1. The van der Waals surface area contributed by atoms with Gasteiger partial charge < -0.3 is 15.8 Å². The van der Waals surface area contributed by atoms with Crippen LogP contribution in [0.25, 0.3) is 11.3 Å². The third-order valence-corrected chi connectivity index (χ3v) is 4.93. The lowest BCUT2D eigenvalue weighted by molar-refractivity contribution is 0.238. The molecule has 0 amide bonds. The number of nitrogens with two attached hydrogens (primary N) is 1. The lowest BCUT2D eigenvalue weighted by atomic mass is 10.1. The van der Waals surface area contributed by atoms with Gasteiger partial charge in [-0.25, -0.2) is 4.98 Å². The molecule has 4 N–H and O–H groups in total. The number of aryl methyl sites for hydroxylation is 1. The minimum absolute atomic E-state index is 0.1000. The first-order valence-corrected chi connectivity index (χ1v) is 8.97. The van der Waals surface area contributed by atoms with E-state index in [2.05, 4.69) is 15.2 Å². The van der Waals surface area contributed by atoms with Crippen LogP contribution in [0, 0.1) is 12.3 Å². The summed E-state index contributed by atoms with van der Waals surface area (Å²) in [5.41, 5.74) is 7.30. The van der Waals surface area contributed by atoms with Gasteiger partial charge in [0.05, 0.1) is 5.69 Å². The summed E-state index contributed by atoms with van der Waals surface area (Å²) in [6, 6.07) is 8.00. The number of aromatic nitrogens is 1. The van der Waals surface area contributed by atoms with Crippen LogP contribution < -0.4 is 15.8 Å². The summed E-state index contributed by atoms with van der Waals surface area (Å²) in [5, 5.41) is 10.7. The summed E-state index contributed by atoms with van der Waals surface area (Å²) in [6.45, 7) is 6.12. The van der Waals surface area contributed by atoms with Crippen molar-refractivity contribution in [1.29, 1.82) is 5.41 Å². The fraction of sp³-hybridized carbons (Fsp3) is 0.412. The Hall–Kier alpha value is -2.12. The van der Waals surface area contributed by atoms with E-state index >= 15 is 0 Å². The predicted octanol–water partition coefficient (Wildman–Crippen LogP) is 2.90. The molecule has 2 heterocycles. The largest absolute Gasteiger partial charge is 0.492 e. The van der Waals surface area contributed by atoms with Crippen molar-refractivity contribution in [2.75, 3.05) is 31.6 Å². The first kappa shape index (κ1) is 16.7. The van der Waals surface area contributed by atoms with Crippen LogP contribution in [0.2, 0.25) is 0 Å². The molecule has 0 unspecified atom stereocenters. The highest BCUT2D eigenvalue weighted by Crippen LogP contribution is 2.31. The Bertz CT molecular complexity index is 692. The number of guanidine groups is 1. The van der Waals surface area contributed by atoms with E-state index in [1.54, 1.807) is 0 Å². The molecule has 0 aliphatic carbocycles. The topological polar surface area (TPSA) is 87.3 Å². The number of benzene rings is 1. The van der Waals surface area contributed by atoms with E-state index in [1.165, 1.54) is 37.3 Å². The Labute approximate surface area is 146 Å². The molecule has 1 aliphatic rings. The lowest BCUT2D eigenvalue weighted by Crippen LogP contribution is -2.25. The van der Waals surface area contributed by atoms with E-state index in [0.717, 1.165) is 35.0 Å². The maximum atomic E-state index is 7.28. The zero-order valence-electron chi connectivity index (χ0n) is 13.8. The van der Waals surface area contributed by atoms with Gasteiger partial charge in [-0.3, -0.25) is 10.3 Å². The van der Waals surface area contributed by atoms with Gasteiger partial charge >= 0.3 is 0 Å². The molecule has 128 valence electrons. The van der Waals surface area contributed by atoms with Gasteiger partial charge in [0.1, 0.15) is 12.4 Å². The van der Waals surface area contributed by atoms with Crippen LogP contribution in [-0.4, -0.2) is 42.1 Å². The van der Waals surface area contributed by atoms with Crippen molar-refractivity contribution >= 4 is 22.4 Å². The van der Waals surface area contributed by atoms with E-state index < -0.39 is 0 Å². The Balaban J connectivity index is 1.59. The molecule has 2 aromatic rings. The molecule has 1 aromatic carbocycles. The molecular weight excluding hydrogens is 322 g/mol. The summed E-state index contributed by atoms with van der Waals surface area (Å²) in [6.07, 6.45) is 2.62. The van der Waals surface area contributed by atoms with Gasteiger partial charge in [0.2, 0.25) is 0 Å². The minimum atomic E-state index is -0.1000. The molecule has 0 bridgehead atoms. The van der Waals surface area contributed by atoms with Crippen molar-refractivity contribution in [1.82, 2.24) is 9.88 Å². The average molecular weight is 345 g/mol. The number of likely N-dealkylation sites (tertiary alicyclic amines) is 1. The summed E-state index contributed by atoms with van der Waals surface area (Å²) in [4.78, 5) is 8.03. The van der Waals surface area contributed by atoms with Gasteiger partial charge in [0, 0.05) is 17.0 Å². The number of rotatable bonds is 6. The number of ether oxygens (including phenoxy) is 1. The van der Waals surface area contributed by atoms with E-state index in [9.17, 15) is 0 Å². The zero-order chi connectivity index (χ0) is 16.9. The van der Waals surface area contributed by atoms with Gasteiger partial charge in [-0.2, -0.15) is 0 Å². The lowest BCUT2D eigenvalue weighted by Gasteiger charge is -2.15. The first-order chi connectivity index (χ1) is 11.6. The van der Waals surface area contributed by atoms with Gasteiger partial charge in [0.25, 0.3) is 0 Å². The molecule has 1 saturated heterocycles. The molecule has 0 radical (unpaired) electrons. The van der Waals surface area contributed by atoms with Gasteiger partial charge in [-0.1, -0.05) is 0 Å². The summed E-state index contributed by atoms with van der Waals surface area (Å²) < 4.78 is 5.83. The van der Waals surface area contributed by atoms with Gasteiger partial charge in [-0.05, 0) is 57.1 Å². The quantitative estimate of drug-likeness (QED) is 0.553. The molecule has 0 atom stereocenters. The number of anilines is 1. The Kier molecular flexibility index (Phi) is 5.32. The van der Waals surface area contributed by atoms with Crippen LogP contribution >= 0.6 is 11.3 Å².